The lowest BCUT2D eigenvalue weighted by atomic mass is 10.0. The van der Waals surface area contributed by atoms with Crippen LogP contribution in [0, 0.1) is 0 Å². The van der Waals surface area contributed by atoms with Gasteiger partial charge in [-0.05, 0) is 32.0 Å². The van der Waals surface area contributed by atoms with Gasteiger partial charge in [0.05, 0.1) is 14.2 Å². The summed E-state index contributed by atoms with van der Waals surface area (Å²) in [6.45, 7) is 4.71. The number of nitrogens with one attached hydrogen (secondary N) is 1. The molecule has 0 saturated carbocycles. The summed E-state index contributed by atoms with van der Waals surface area (Å²) in [6, 6.07) is 7.27. The van der Waals surface area contributed by atoms with Crippen molar-refractivity contribution in [1.82, 2.24) is 5.32 Å². The number of hydrogen-bond donors (Lipinski definition) is 1. The van der Waals surface area contributed by atoms with Crippen LogP contribution in [0.1, 0.15) is 20.3 Å². The number of carbonyl (C=O) groups is 1. The maximum Gasteiger partial charge on any atom is 0.329 e. The number of benzene rings is 1. The van der Waals surface area contributed by atoms with E-state index in [1.54, 1.807) is 20.1 Å². The van der Waals surface area contributed by atoms with E-state index in [1.807, 2.05) is 25.1 Å². The Bertz CT molecular complexity index is 436. The van der Waals surface area contributed by atoms with Crippen LogP contribution in [0.2, 0.25) is 0 Å². The second kappa shape index (κ2) is 7.75. The summed E-state index contributed by atoms with van der Waals surface area (Å²) in [5, 5.41) is 3.16. The van der Waals surface area contributed by atoms with E-state index in [4.69, 9.17) is 14.2 Å². The van der Waals surface area contributed by atoms with Crippen LogP contribution in [0.4, 0.5) is 0 Å². The van der Waals surface area contributed by atoms with Crippen molar-refractivity contribution < 1.29 is 19.0 Å². The van der Waals surface area contributed by atoms with Crippen molar-refractivity contribution in [3.8, 4) is 11.5 Å². The molecule has 0 aliphatic rings. The minimum Gasteiger partial charge on any atom is -0.497 e. The first-order chi connectivity index (χ1) is 9.55. The molecule has 0 heterocycles. The molecule has 1 aromatic rings. The lowest BCUT2D eigenvalue weighted by Crippen LogP contribution is -2.54. The molecule has 0 aromatic heterocycles. The van der Waals surface area contributed by atoms with Crippen LogP contribution in [0.3, 0.4) is 0 Å². The van der Waals surface area contributed by atoms with Crippen molar-refractivity contribution in [2.45, 2.75) is 25.8 Å². The van der Waals surface area contributed by atoms with Crippen LogP contribution >= 0.6 is 0 Å². The van der Waals surface area contributed by atoms with Crippen LogP contribution in [-0.4, -0.2) is 38.9 Å². The maximum atomic E-state index is 11.9. The largest absolute Gasteiger partial charge is 0.497 e. The first-order valence-corrected chi connectivity index (χ1v) is 6.66. The Labute approximate surface area is 120 Å². The van der Waals surface area contributed by atoms with E-state index >= 15 is 0 Å². The maximum absolute atomic E-state index is 11.9. The van der Waals surface area contributed by atoms with Crippen molar-refractivity contribution in [3.05, 3.63) is 24.3 Å². The fourth-order valence-corrected chi connectivity index (χ4v) is 1.73. The summed E-state index contributed by atoms with van der Waals surface area (Å²) in [5.74, 6) is 1.02. The molecule has 1 unspecified atom stereocenters. The monoisotopic (exact) mass is 281 g/mol. The van der Waals surface area contributed by atoms with Crippen LogP contribution < -0.4 is 14.8 Å². The third-order valence-electron chi connectivity index (χ3n) is 2.97. The van der Waals surface area contributed by atoms with E-state index < -0.39 is 5.54 Å². The molecule has 1 atom stereocenters. The zero-order valence-corrected chi connectivity index (χ0v) is 12.6. The molecule has 1 aromatic carbocycles. The number of methoxy groups -OCH3 is 2. The topological polar surface area (TPSA) is 56.8 Å². The average Bonchev–Trinajstić information content (AvgIpc) is 2.50. The highest BCUT2D eigenvalue weighted by atomic mass is 16.5. The van der Waals surface area contributed by atoms with E-state index in [2.05, 4.69) is 5.32 Å². The molecule has 0 amide bonds. The molecule has 0 aliphatic carbocycles. The standard InChI is InChI=1S/C15H23NO4/c1-5-9-16-15(2,14(17)19-4)11-20-13-8-6-7-12(10-13)18-3/h6-8,10,16H,5,9,11H2,1-4H3. The molecule has 0 saturated heterocycles. The lowest BCUT2D eigenvalue weighted by molar-refractivity contribution is -0.149. The highest BCUT2D eigenvalue weighted by Crippen LogP contribution is 2.20. The Kier molecular flexibility index (Phi) is 6.31. The molecule has 5 heteroatoms. The summed E-state index contributed by atoms with van der Waals surface area (Å²) in [6.07, 6.45) is 0.922. The molecule has 5 nitrogen and oxygen atoms in total. The highest BCUT2D eigenvalue weighted by molar-refractivity contribution is 5.80. The average molecular weight is 281 g/mol. The van der Waals surface area contributed by atoms with Gasteiger partial charge in [-0.3, -0.25) is 5.32 Å². The Balaban J connectivity index is 2.72. The lowest BCUT2D eigenvalue weighted by Gasteiger charge is -2.27. The van der Waals surface area contributed by atoms with Gasteiger partial charge in [0.15, 0.2) is 0 Å². The molecule has 0 fully saturated rings. The van der Waals surface area contributed by atoms with E-state index in [0.29, 0.717) is 18.0 Å². The highest BCUT2D eigenvalue weighted by Gasteiger charge is 2.34. The van der Waals surface area contributed by atoms with Gasteiger partial charge in [-0.2, -0.15) is 0 Å². The number of carbonyl (C=O) groups excluding carboxylic acids is 1. The smallest absolute Gasteiger partial charge is 0.329 e. The number of ether oxygens (including phenoxy) is 3. The molecule has 1 N–H and O–H groups in total. The van der Waals surface area contributed by atoms with Crippen LogP contribution in [-0.2, 0) is 9.53 Å². The van der Waals surface area contributed by atoms with Gasteiger partial charge in [-0.15, -0.1) is 0 Å². The minimum atomic E-state index is -0.867. The van der Waals surface area contributed by atoms with Gasteiger partial charge in [-0.1, -0.05) is 13.0 Å². The van der Waals surface area contributed by atoms with E-state index in [-0.39, 0.29) is 12.6 Å². The van der Waals surface area contributed by atoms with Gasteiger partial charge < -0.3 is 14.2 Å². The molecule has 0 aliphatic heterocycles. The van der Waals surface area contributed by atoms with Gasteiger partial charge in [0.2, 0.25) is 0 Å². The van der Waals surface area contributed by atoms with Crippen molar-refractivity contribution >= 4 is 5.97 Å². The Morgan fingerprint density at radius 2 is 2.00 bits per heavy atom. The minimum absolute atomic E-state index is 0.187. The van der Waals surface area contributed by atoms with Crippen LogP contribution in [0.5, 0.6) is 11.5 Å². The van der Waals surface area contributed by atoms with E-state index in [9.17, 15) is 4.79 Å². The summed E-state index contributed by atoms with van der Waals surface area (Å²) in [7, 11) is 2.97. The van der Waals surface area contributed by atoms with Crippen LogP contribution in [0.25, 0.3) is 0 Å². The SMILES string of the molecule is CCCNC(C)(COc1cccc(OC)c1)C(=O)OC. The molecule has 0 radical (unpaired) electrons. The molecular formula is C15H23NO4. The first-order valence-electron chi connectivity index (χ1n) is 6.66. The molecule has 0 bridgehead atoms. The van der Waals surface area contributed by atoms with Gasteiger partial charge in [-0.25, -0.2) is 4.79 Å². The third-order valence-corrected chi connectivity index (χ3v) is 2.97. The molecule has 20 heavy (non-hydrogen) atoms. The van der Waals surface area contributed by atoms with Crippen molar-refractivity contribution in [1.29, 1.82) is 0 Å². The molecular weight excluding hydrogens is 258 g/mol. The van der Waals surface area contributed by atoms with Gasteiger partial charge in [0.25, 0.3) is 0 Å². The second-order valence-corrected chi connectivity index (χ2v) is 4.72. The predicted molar refractivity (Wildman–Crippen MR) is 77.2 cm³/mol. The summed E-state index contributed by atoms with van der Waals surface area (Å²) in [4.78, 5) is 11.9. The van der Waals surface area contributed by atoms with Gasteiger partial charge in [0.1, 0.15) is 23.6 Å². The molecule has 112 valence electrons. The molecule has 0 spiro atoms. The Morgan fingerprint density at radius 3 is 2.60 bits per heavy atom. The normalized spacial score (nSPS) is 13.4. The zero-order valence-electron chi connectivity index (χ0n) is 12.6. The van der Waals surface area contributed by atoms with Gasteiger partial charge in [0, 0.05) is 6.07 Å². The number of rotatable bonds is 8. The number of hydrogen-bond acceptors (Lipinski definition) is 5. The first kappa shape index (κ1) is 16.3. The predicted octanol–water partition coefficient (Wildman–Crippen LogP) is 2.01. The fraction of sp³-hybridized carbons (Fsp3) is 0.533. The van der Waals surface area contributed by atoms with E-state index in [1.165, 1.54) is 7.11 Å². The van der Waals surface area contributed by atoms with Gasteiger partial charge >= 0.3 is 5.97 Å². The van der Waals surface area contributed by atoms with Crippen molar-refractivity contribution in [2.24, 2.45) is 0 Å². The second-order valence-electron chi connectivity index (χ2n) is 4.72. The van der Waals surface area contributed by atoms with Crippen molar-refractivity contribution in [2.75, 3.05) is 27.4 Å². The Morgan fingerprint density at radius 1 is 1.30 bits per heavy atom. The molecule has 1 rings (SSSR count). The quantitative estimate of drug-likeness (QED) is 0.739. The summed E-state index contributed by atoms with van der Waals surface area (Å²) >= 11 is 0. The summed E-state index contributed by atoms with van der Waals surface area (Å²) in [5.41, 5.74) is -0.867. The Hall–Kier alpha value is -1.75. The fourth-order valence-electron chi connectivity index (χ4n) is 1.73. The third kappa shape index (κ3) is 4.42. The summed E-state index contributed by atoms with van der Waals surface area (Å²) < 4.78 is 15.7. The zero-order chi connectivity index (χ0) is 15.0. The van der Waals surface area contributed by atoms with Crippen LogP contribution in [0.15, 0.2) is 24.3 Å². The van der Waals surface area contributed by atoms with E-state index in [0.717, 1.165) is 6.42 Å². The van der Waals surface area contributed by atoms with Crippen molar-refractivity contribution in [3.63, 3.8) is 0 Å². The number of esters is 1.